The molecule has 0 spiro atoms. The van der Waals surface area contributed by atoms with E-state index in [0.29, 0.717) is 52.9 Å². The standard InChI is InChI=1S/C18H38O5/c1-3-4-5-6-7-8-9-10-20-13-14-22-17-18-23-16-15-21-12-11-19-2/h3-18H2,1-2H3. The number of hydrogen-bond donors (Lipinski definition) is 0. The maximum Gasteiger partial charge on any atom is 0.0701 e. The van der Waals surface area contributed by atoms with Crippen LogP contribution in [-0.4, -0.2) is 66.6 Å². The van der Waals surface area contributed by atoms with Crippen LogP contribution in [0.5, 0.6) is 0 Å². The van der Waals surface area contributed by atoms with Crippen LogP contribution in [0.4, 0.5) is 0 Å². The fraction of sp³-hybridized carbons (Fsp3) is 1.00. The zero-order valence-corrected chi connectivity index (χ0v) is 15.4. The zero-order chi connectivity index (χ0) is 16.8. The third kappa shape index (κ3) is 21.8. The lowest BCUT2D eigenvalue weighted by atomic mass is 10.1. The number of unbranched alkanes of at least 4 members (excludes halogenated alkanes) is 6. The third-order valence-electron chi connectivity index (χ3n) is 3.44. The fourth-order valence-electron chi connectivity index (χ4n) is 2.07. The van der Waals surface area contributed by atoms with E-state index in [1.165, 1.54) is 38.5 Å². The predicted octanol–water partition coefficient (Wildman–Crippen LogP) is 3.45. The van der Waals surface area contributed by atoms with Gasteiger partial charge in [-0.3, -0.25) is 0 Å². The molecule has 5 heteroatoms. The molecule has 23 heavy (non-hydrogen) atoms. The molecule has 140 valence electrons. The van der Waals surface area contributed by atoms with Crippen molar-refractivity contribution in [3.8, 4) is 0 Å². The van der Waals surface area contributed by atoms with Gasteiger partial charge in [-0.25, -0.2) is 0 Å². The van der Waals surface area contributed by atoms with Gasteiger partial charge in [0.25, 0.3) is 0 Å². The van der Waals surface area contributed by atoms with E-state index in [2.05, 4.69) is 6.92 Å². The Hall–Kier alpha value is -0.200. The molecule has 0 fully saturated rings. The van der Waals surface area contributed by atoms with Gasteiger partial charge in [-0.15, -0.1) is 0 Å². The van der Waals surface area contributed by atoms with Crippen molar-refractivity contribution in [1.82, 2.24) is 0 Å². The van der Waals surface area contributed by atoms with E-state index >= 15 is 0 Å². The maximum atomic E-state index is 5.55. The largest absolute Gasteiger partial charge is 0.382 e. The highest BCUT2D eigenvalue weighted by molar-refractivity contribution is 4.44. The summed E-state index contributed by atoms with van der Waals surface area (Å²) in [4.78, 5) is 0. The van der Waals surface area contributed by atoms with Gasteiger partial charge in [0.15, 0.2) is 0 Å². The van der Waals surface area contributed by atoms with Crippen LogP contribution >= 0.6 is 0 Å². The molecule has 0 N–H and O–H groups in total. The molecule has 0 bridgehead atoms. The van der Waals surface area contributed by atoms with Crippen molar-refractivity contribution in [2.75, 3.05) is 66.6 Å². The van der Waals surface area contributed by atoms with E-state index in [1.807, 2.05) is 0 Å². The van der Waals surface area contributed by atoms with Crippen molar-refractivity contribution in [3.63, 3.8) is 0 Å². The molecule has 0 aliphatic heterocycles. The van der Waals surface area contributed by atoms with Crippen molar-refractivity contribution in [3.05, 3.63) is 0 Å². The lowest BCUT2D eigenvalue weighted by molar-refractivity contribution is -0.00800. The summed E-state index contributed by atoms with van der Waals surface area (Å²) in [6.07, 6.45) is 9.23. The first-order chi connectivity index (χ1) is 11.4. The molecule has 0 aliphatic rings. The number of ether oxygens (including phenoxy) is 5. The van der Waals surface area contributed by atoms with Gasteiger partial charge in [0, 0.05) is 13.7 Å². The molecular formula is C18H38O5. The van der Waals surface area contributed by atoms with Crippen molar-refractivity contribution >= 4 is 0 Å². The summed E-state index contributed by atoms with van der Waals surface area (Å²) >= 11 is 0. The van der Waals surface area contributed by atoms with E-state index in [9.17, 15) is 0 Å². The summed E-state index contributed by atoms with van der Waals surface area (Å²) in [6.45, 7) is 8.08. The van der Waals surface area contributed by atoms with Crippen LogP contribution in [0.15, 0.2) is 0 Å². The summed E-state index contributed by atoms with van der Waals surface area (Å²) in [5.74, 6) is 0. The lowest BCUT2D eigenvalue weighted by Crippen LogP contribution is -2.13. The normalized spacial score (nSPS) is 11.2. The average molecular weight is 334 g/mol. The Bertz CT molecular complexity index is 182. The predicted molar refractivity (Wildman–Crippen MR) is 93.1 cm³/mol. The molecule has 0 amide bonds. The second-order valence-electron chi connectivity index (χ2n) is 5.56. The van der Waals surface area contributed by atoms with Crippen LogP contribution in [0.2, 0.25) is 0 Å². The minimum Gasteiger partial charge on any atom is -0.382 e. The van der Waals surface area contributed by atoms with Crippen LogP contribution in [0.25, 0.3) is 0 Å². The SMILES string of the molecule is CCCCCCCCCOCCOCCOCCOCCOC. The minimum absolute atomic E-state index is 0.599. The van der Waals surface area contributed by atoms with Gasteiger partial charge >= 0.3 is 0 Å². The Morgan fingerprint density at radius 1 is 0.435 bits per heavy atom. The van der Waals surface area contributed by atoms with Crippen LogP contribution in [0, 0.1) is 0 Å². The van der Waals surface area contributed by atoms with E-state index in [1.54, 1.807) is 7.11 Å². The van der Waals surface area contributed by atoms with Crippen molar-refractivity contribution in [2.45, 2.75) is 51.9 Å². The van der Waals surface area contributed by atoms with Crippen LogP contribution in [0.3, 0.4) is 0 Å². The van der Waals surface area contributed by atoms with Gasteiger partial charge in [0.2, 0.25) is 0 Å². The molecule has 5 nitrogen and oxygen atoms in total. The quantitative estimate of drug-likeness (QED) is 0.319. The highest BCUT2D eigenvalue weighted by Crippen LogP contribution is 2.06. The Labute approximate surface area is 143 Å². The molecule has 0 saturated carbocycles. The first-order valence-electron chi connectivity index (χ1n) is 9.21. The number of methoxy groups -OCH3 is 1. The average Bonchev–Trinajstić information content (AvgIpc) is 2.57. The van der Waals surface area contributed by atoms with E-state index in [4.69, 9.17) is 23.7 Å². The van der Waals surface area contributed by atoms with E-state index in [-0.39, 0.29) is 0 Å². The first kappa shape index (κ1) is 22.8. The van der Waals surface area contributed by atoms with Gasteiger partial charge in [0.05, 0.1) is 52.9 Å². The molecule has 0 aromatic carbocycles. The zero-order valence-electron chi connectivity index (χ0n) is 15.4. The number of rotatable bonds is 20. The Morgan fingerprint density at radius 3 is 1.30 bits per heavy atom. The van der Waals surface area contributed by atoms with Crippen LogP contribution in [-0.2, 0) is 23.7 Å². The summed E-state index contributed by atoms with van der Waals surface area (Å²) < 4.78 is 26.5. The van der Waals surface area contributed by atoms with Crippen molar-refractivity contribution in [1.29, 1.82) is 0 Å². The highest BCUT2D eigenvalue weighted by Gasteiger charge is 1.94. The van der Waals surface area contributed by atoms with Crippen LogP contribution in [0.1, 0.15) is 51.9 Å². The fourth-order valence-corrected chi connectivity index (χ4v) is 2.07. The molecule has 0 saturated heterocycles. The Kier molecular flexibility index (Phi) is 21.6. The second-order valence-corrected chi connectivity index (χ2v) is 5.56. The summed E-state index contributed by atoms with van der Waals surface area (Å²) in [5, 5.41) is 0. The smallest absolute Gasteiger partial charge is 0.0701 e. The van der Waals surface area contributed by atoms with Gasteiger partial charge in [0.1, 0.15) is 0 Å². The van der Waals surface area contributed by atoms with Gasteiger partial charge < -0.3 is 23.7 Å². The van der Waals surface area contributed by atoms with Crippen molar-refractivity contribution in [2.24, 2.45) is 0 Å². The van der Waals surface area contributed by atoms with E-state index < -0.39 is 0 Å². The van der Waals surface area contributed by atoms with Gasteiger partial charge in [-0.05, 0) is 6.42 Å². The molecular weight excluding hydrogens is 296 g/mol. The van der Waals surface area contributed by atoms with E-state index in [0.717, 1.165) is 13.0 Å². The monoisotopic (exact) mass is 334 g/mol. The maximum absolute atomic E-state index is 5.55. The second kappa shape index (κ2) is 21.8. The third-order valence-corrected chi connectivity index (χ3v) is 3.44. The summed E-state index contributed by atoms with van der Waals surface area (Å²) in [6, 6.07) is 0. The summed E-state index contributed by atoms with van der Waals surface area (Å²) in [7, 11) is 1.66. The molecule has 0 aliphatic carbocycles. The van der Waals surface area contributed by atoms with Crippen molar-refractivity contribution < 1.29 is 23.7 Å². The molecule has 0 heterocycles. The van der Waals surface area contributed by atoms with Crippen LogP contribution < -0.4 is 0 Å². The Morgan fingerprint density at radius 2 is 0.826 bits per heavy atom. The topological polar surface area (TPSA) is 46.2 Å². The molecule has 0 unspecified atom stereocenters. The number of hydrogen-bond acceptors (Lipinski definition) is 5. The Balaban J connectivity index is 2.92. The molecule has 0 atom stereocenters. The summed E-state index contributed by atoms with van der Waals surface area (Å²) in [5.41, 5.74) is 0. The molecule has 0 aromatic heterocycles. The molecule has 0 radical (unpaired) electrons. The highest BCUT2D eigenvalue weighted by atomic mass is 16.6. The molecule has 0 rings (SSSR count). The molecule has 0 aromatic rings. The first-order valence-corrected chi connectivity index (χ1v) is 9.21. The minimum atomic E-state index is 0.599. The lowest BCUT2D eigenvalue weighted by Gasteiger charge is -2.07. The van der Waals surface area contributed by atoms with Gasteiger partial charge in [-0.1, -0.05) is 45.4 Å². The van der Waals surface area contributed by atoms with Gasteiger partial charge in [-0.2, -0.15) is 0 Å².